The van der Waals surface area contributed by atoms with Crippen LogP contribution in [0.25, 0.3) is 0 Å². The number of aryl methyl sites for hydroxylation is 1. The Kier molecular flexibility index (Phi) is 10.1. The van der Waals surface area contributed by atoms with Gasteiger partial charge in [-0.1, -0.05) is 65.7 Å². The maximum Gasteiger partial charge on any atom is 0.271 e. The molecule has 3 aromatic carbocycles. The maximum atomic E-state index is 14.0. The van der Waals surface area contributed by atoms with Gasteiger partial charge in [0.1, 0.15) is 12.6 Å². The van der Waals surface area contributed by atoms with E-state index in [4.69, 9.17) is 23.2 Å². The number of sulfonamides is 1. The van der Waals surface area contributed by atoms with E-state index in [0.29, 0.717) is 11.1 Å². The van der Waals surface area contributed by atoms with Crippen molar-refractivity contribution >= 4 is 56.4 Å². The van der Waals surface area contributed by atoms with Crippen LogP contribution in [0.2, 0.25) is 10.0 Å². The molecule has 0 spiro atoms. The number of non-ortho nitro benzene ring substituents is 1. The predicted molar refractivity (Wildman–Crippen MR) is 155 cm³/mol. The van der Waals surface area contributed by atoms with E-state index in [-0.39, 0.29) is 34.4 Å². The first kappa shape index (κ1) is 30.9. The number of hydrogen-bond donors (Lipinski definition) is 1. The van der Waals surface area contributed by atoms with Gasteiger partial charge in [-0.3, -0.25) is 24.0 Å². The number of benzene rings is 3. The number of nitrogens with one attached hydrogen (secondary N) is 1. The highest BCUT2D eigenvalue weighted by Gasteiger charge is 2.34. The molecule has 0 aliphatic rings. The summed E-state index contributed by atoms with van der Waals surface area (Å²) in [4.78, 5) is 39.1. The average molecular weight is 608 g/mol. The largest absolute Gasteiger partial charge is 0.357 e. The Labute approximate surface area is 242 Å². The van der Waals surface area contributed by atoms with Crippen molar-refractivity contribution in [2.24, 2.45) is 0 Å². The van der Waals surface area contributed by atoms with Crippen molar-refractivity contribution in [2.75, 3.05) is 24.2 Å². The molecule has 0 fully saturated rings. The summed E-state index contributed by atoms with van der Waals surface area (Å²) in [6.45, 7) is 0.644. The van der Waals surface area contributed by atoms with Crippen LogP contribution in [-0.4, -0.2) is 55.9 Å². The van der Waals surface area contributed by atoms with E-state index in [2.05, 4.69) is 5.32 Å². The van der Waals surface area contributed by atoms with E-state index in [1.165, 1.54) is 24.1 Å². The number of halogens is 2. The molecular formula is C27H28Cl2N4O6S. The van der Waals surface area contributed by atoms with Crippen molar-refractivity contribution < 1.29 is 22.9 Å². The molecule has 0 aliphatic carbocycles. The molecule has 0 bridgehead atoms. The van der Waals surface area contributed by atoms with Gasteiger partial charge >= 0.3 is 0 Å². The normalized spacial score (nSPS) is 11.9. The number of amides is 2. The minimum Gasteiger partial charge on any atom is -0.357 e. The van der Waals surface area contributed by atoms with Gasteiger partial charge in [-0.05, 0) is 30.2 Å². The number of rotatable bonds is 11. The number of nitro groups is 1. The summed E-state index contributed by atoms with van der Waals surface area (Å²) < 4.78 is 26.6. The standard InChI is InChI=1S/C27H28Cl2N4O6S/c1-18-12-13-20(33(36)37)15-24(18)32(40(3,38)39)17-26(34)31(16-21-22(28)10-7-11-23(21)29)25(27(35)30-2)14-19-8-5-4-6-9-19/h4-13,15,25H,14,16-17H2,1-3H3,(H,30,35)/t25-/m1/s1. The Hall–Kier alpha value is -3.67. The van der Waals surface area contributed by atoms with Crippen molar-refractivity contribution in [1.29, 1.82) is 0 Å². The zero-order valence-electron chi connectivity index (χ0n) is 22.0. The zero-order valence-corrected chi connectivity index (χ0v) is 24.3. The fraction of sp³-hybridized carbons (Fsp3) is 0.259. The highest BCUT2D eigenvalue weighted by molar-refractivity contribution is 7.92. The highest BCUT2D eigenvalue weighted by atomic mass is 35.5. The van der Waals surface area contributed by atoms with E-state index in [1.807, 2.05) is 6.07 Å². The molecule has 0 radical (unpaired) electrons. The van der Waals surface area contributed by atoms with Crippen LogP contribution in [0.1, 0.15) is 16.7 Å². The van der Waals surface area contributed by atoms with Gasteiger partial charge in [-0.2, -0.15) is 0 Å². The second kappa shape index (κ2) is 13.1. The van der Waals surface area contributed by atoms with E-state index in [0.717, 1.165) is 22.2 Å². The summed E-state index contributed by atoms with van der Waals surface area (Å²) in [7, 11) is -2.67. The van der Waals surface area contributed by atoms with Crippen LogP contribution in [0.4, 0.5) is 11.4 Å². The van der Waals surface area contributed by atoms with Gasteiger partial charge in [-0.25, -0.2) is 8.42 Å². The van der Waals surface area contributed by atoms with Gasteiger partial charge in [0.2, 0.25) is 21.8 Å². The quantitative estimate of drug-likeness (QED) is 0.255. The summed E-state index contributed by atoms with van der Waals surface area (Å²) in [6.07, 6.45) is 1.01. The summed E-state index contributed by atoms with van der Waals surface area (Å²) in [5, 5.41) is 14.5. The third kappa shape index (κ3) is 7.50. The third-order valence-corrected chi connectivity index (χ3v) is 8.09. The number of hydrogen-bond acceptors (Lipinski definition) is 6. The van der Waals surface area contributed by atoms with Crippen molar-refractivity contribution in [3.8, 4) is 0 Å². The highest BCUT2D eigenvalue weighted by Crippen LogP contribution is 2.30. The topological polar surface area (TPSA) is 130 Å². The SMILES string of the molecule is CNC(=O)[C@@H](Cc1ccccc1)N(Cc1c(Cl)cccc1Cl)C(=O)CN(c1cc([N+](=O)[O-])ccc1C)S(C)(=O)=O. The van der Waals surface area contributed by atoms with Crippen LogP contribution >= 0.6 is 23.2 Å². The lowest BCUT2D eigenvalue weighted by Gasteiger charge is -2.33. The van der Waals surface area contributed by atoms with Crippen LogP contribution in [0.15, 0.2) is 66.7 Å². The Morgan fingerprint density at radius 2 is 1.65 bits per heavy atom. The zero-order chi connectivity index (χ0) is 29.6. The lowest BCUT2D eigenvalue weighted by atomic mass is 10.0. The van der Waals surface area contributed by atoms with Crippen molar-refractivity contribution in [3.63, 3.8) is 0 Å². The van der Waals surface area contributed by atoms with Crippen LogP contribution in [0, 0.1) is 17.0 Å². The Balaban J connectivity index is 2.12. The molecule has 10 nitrogen and oxygen atoms in total. The smallest absolute Gasteiger partial charge is 0.271 e. The molecule has 40 heavy (non-hydrogen) atoms. The van der Waals surface area contributed by atoms with Gasteiger partial charge in [0.25, 0.3) is 5.69 Å². The average Bonchev–Trinajstić information content (AvgIpc) is 2.90. The molecule has 3 aromatic rings. The minimum absolute atomic E-state index is 0.0275. The molecule has 0 saturated heterocycles. The van der Waals surface area contributed by atoms with E-state index >= 15 is 0 Å². The number of likely N-dealkylation sites (N-methyl/N-ethyl adjacent to an activating group) is 1. The summed E-state index contributed by atoms with van der Waals surface area (Å²) in [5.74, 6) is -1.23. The molecule has 1 atom stereocenters. The first-order valence-electron chi connectivity index (χ1n) is 12.0. The monoisotopic (exact) mass is 606 g/mol. The third-order valence-electron chi connectivity index (χ3n) is 6.26. The molecular weight excluding hydrogens is 579 g/mol. The van der Waals surface area contributed by atoms with Gasteiger partial charge in [0.15, 0.2) is 0 Å². The number of nitrogens with zero attached hydrogens (tertiary/aromatic N) is 3. The number of nitro benzene ring substituents is 1. The molecule has 0 aliphatic heterocycles. The van der Waals surface area contributed by atoms with Gasteiger partial charge in [0, 0.05) is 47.8 Å². The van der Waals surface area contributed by atoms with Gasteiger partial charge < -0.3 is 10.2 Å². The predicted octanol–water partition coefficient (Wildman–Crippen LogP) is 4.36. The lowest BCUT2D eigenvalue weighted by molar-refractivity contribution is -0.384. The van der Waals surface area contributed by atoms with Crippen LogP contribution in [-0.2, 0) is 32.6 Å². The van der Waals surface area contributed by atoms with Crippen molar-refractivity contribution in [2.45, 2.75) is 25.9 Å². The number of anilines is 1. The second-order valence-corrected chi connectivity index (χ2v) is 11.8. The molecule has 0 heterocycles. The summed E-state index contributed by atoms with van der Waals surface area (Å²) in [6, 6.07) is 16.5. The molecule has 2 amide bonds. The Bertz CT molecular complexity index is 1500. The molecule has 0 aromatic heterocycles. The molecule has 3 rings (SSSR count). The van der Waals surface area contributed by atoms with Crippen molar-refractivity contribution in [3.05, 3.63) is 104 Å². The second-order valence-electron chi connectivity index (χ2n) is 9.04. The number of carbonyl (C=O) groups is 2. The maximum absolute atomic E-state index is 14.0. The van der Waals surface area contributed by atoms with Crippen molar-refractivity contribution in [1.82, 2.24) is 10.2 Å². The van der Waals surface area contributed by atoms with Gasteiger partial charge in [0.05, 0.1) is 16.9 Å². The molecule has 212 valence electrons. The Morgan fingerprint density at radius 1 is 1.02 bits per heavy atom. The van der Waals surface area contributed by atoms with E-state index < -0.39 is 39.3 Å². The van der Waals surface area contributed by atoms with Crippen LogP contribution in [0.5, 0.6) is 0 Å². The first-order valence-corrected chi connectivity index (χ1v) is 14.6. The summed E-state index contributed by atoms with van der Waals surface area (Å²) in [5.41, 5.74) is 1.16. The molecule has 1 N–H and O–H groups in total. The molecule has 0 unspecified atom stereocenters. The summed E-state index contributed by atoms with van der Waals surface area (Å²) >= 11 is 12.8. The molecule has 13 heteroatoms. The molecule has 0 saturated carbocycles. The fourth-order valence-electron chi connectivity index (χ4n) is 4.15. The fourth-order valence-corrected chi connectivity index (χ4v) is 5.57. The minimum atomic E-state index is -4.10. The lowest BCUT2D eigenvalue weighted by Crippen LogP contribution is -2.53. The van der Waals surface area contributed by atoms with Crippen LogP contribution in [0.3, 0.4) is 0 Å². The number of carbonyl (C=O) groups excluding carboxylic acids is 2. The first-order chi connectivity index (χ1) is 18.8. The van der Waals surface area contributed by atoms with Crippen LogP contribution < -0.4 is 9.62 Å². The Morgan fingerprint density at radius 3 is 2.20 bits per heavy atom. The van der Waals surface area contributed by atoms with E-state index in [1.54, 1.807) is 49.4 Å². The van der Waals surface area contributed by atoms with E-state index in [9.17, 15) is 28.1 Å². The van der Waals surface area contributed by atoms with Gasteiger partial charge in [-0.15, -0.1) is 0 Å².